The van der Waals surface area contributed by atoms with E-state index >= 15 is 0 Å². The van der Waals surface area contributed by atoms with Crippen LogP contribution in [0.5, 0.6) is 0 Å². The van der Waals surface area contributed by atoms with E-state index in [4.69, 9.17) is 0 Å². The van der Waals surface area contributed by atoms with Crippen molar-refractivity contribution >= 4 is 0 Å². The Morgan fingerprint density at radius 1 is 0.523 bits per heavy atom. The van der Waals surface area contributed by atoms with Crippen molar-refractivity contribution in [2.75, 3.05) is 13.1 Å². The molecule has 0 saturated heterocycles. The van der Waals surface area contributed by atoms with Crippen molar-refractivity contribution < 1.29 is 0 Å². The molecule has 2 aliphatic rings. The molecule has 2 aromatic carbocycles. The van der Waals surface area contributed by atoms with Gasteiger partial charge in [0.25, 0.3) is 0 Å². The van der Waals surface area contributed by atoms with Crippen LogP contribution >= 0.6 is 0 Å². The molecule has 2 aromatic heterocycles. The van der Waals surface area contributed by atoms with Crippen LogP contribution in [-0.2, 0) is 39.0 Å². The average Bonchev–Trinajstić information content (AvgIpc) is 3.86. The maximum atomic E-state index is 3.82. The molecule has 2 aliphatic carbocycles. The number of nitrogens with one attached hydrogen (secondary N) is 5. The zero-order valence-corrected chi connectivity index (χ0v) is 26.6. The van der Waals surface area contributed by atoms with E-state index in [0.717, 1.165) is 70.4 Å². The predicted octanol–water partition coefficient (Wildman–Crippen LogP) is 8.03. The molecule has 0 bridgehead atoms. The maximum Gasteiger partial charge on any atom is 0.0360 e. The van der Waals surface area contributed by atoms with Crippen LogP contribution in [0.2, 0.25) is 0 Å². The molecule has 5 N–H and O–H groups in total. The van der Waals surface area contributed by atoms with Crippen LogP contribution in [0.4, 0.5) is 0 Å². The van der Waals surface area contributed by atoms with Gasteiger partial charge in [0.05, 0.1) is 0 Å². The van der Waals surface area contributed by atoms with Gasteiger partial charge in [-0.05, 0) is 146 Å². The van der Waals surface area contributed by atoms with Gasteiger partial charge in [-0.2, -0.15) is 0 Å². The Balaban J connectivity index is 1.20. The second kappa shape index (κ2) is 16.3. The largest absolute Gasteiger partial charge is 0.365 e. The molecular weight excluding hydrogens is 538 g/mol. The van der Waals surface area contributed by atoms with E-state index in [9.17, 15) is 0 Å². The Labute approximate surface area is 265 Å². The van der Waals surface area contributed by atoms with Gasteiger partial charge in [-0.15, -0.1) is 0 Å². The molecule has 5 nitrogen and oxygen atoms in total. The number of benzene rings is 2. The molecular formula is C39H53N5. The molecule has 0 spiro atoms. The number of H-pyrrole nitrogens is 2. The second-order valence-electron chi connectivity index (χ2n) is 13.5. The number of aromatic nitrogens is 2. The Hall–Kier alpha value is -3.12. The van der Waals surface area contributed by atoms with Crippen LogP contribution in [0.3, 0.4) is 0 Å². The standard InChI is InChI=1S/C39H53N5/c1-2-9-30(8-1)24-40-26-33-18-32(12-5-13-38-14-6-16-43-38)20-36(21-33)37-22-34(27-41-25-31-10-3-4-11-31)19-35(23-37)28-42-29-39-15-7-17-44-39/h6-7,14-23,30-31,40-44H,1-5,8-13,24-29H2. The summed E-state index contributed by atoms with van der Waals surface area (Å²) in [6.45, 7) is 5.86. The lowest BCUT2D eigenvalue weighted by Crippen LogP contribution is -2.21. The van der Waals surface area contributed by atoms with Gasteiger partial charge < -0.3 is 25.9 Å². The van der Waals surface area contributed by atoms with Crippen LogP contribution in [-0.4, -0.2) is 23.1 Å². The van der Waals surface area contributed by atoms with Crippen LogP contribution in [0.1, 0.15) is 91.4 Å². The van der Waals surface area contributed by atoms with Crippen LogP contribution in [0, 0.1) is 11.8 Å². The minimum Gasteiger partial charge on any atom is -0.365 e. The minimum absolute atomic E-state index is 0.847. The molecule has 2 saturated carbocycles. The fourth-order valence-corrected chi connectivity index (χ4v) is 7.40. The van der Waals surface area contributed by atoms with Crippen molar-refractivity contribution in [3.63, 3.8) is 0 Å². The number of hydrogen-bond donors (Lipinski definition) is 5. The summed E-state index contributed by atoms with van der Waals surface area (Å²) in [5.74, 6) is 1.70. The molecule has 6 rings (SSSR count). The number of rotatable bonds is 17. The highest BCUT2D eigenvalue weighted by molar-refractivity contribution is 5.67. The normalized spacial score (nSPS) is 15.9. The van der Waals surface area contributed by atoms with E-state index in [2.05, 4.69) is 86.6 Å². The third-order valence-corrected chi connectivity index (χ3v) is 9.79. The van der Waals surface area contributed by atoms with E-state index in [1.165, 1.54) is 96.1 Å². The van der Waals surface area contributed by atoms with E-state index in [0.29, 0.717) is 0 Å². The van der Waals surface area contributed by atoms with Gasteiger partial charge in [0.15, 0.2) is 0 Å². The molecule has 0 aliphatic heterocycles. The molecule has 0 radical (unpaired) electrons. The topological polar surface area (TPSA) is 67.7 Å². The molecule has 5 heteroatoms. The number of aromatic amines is 2. The van der Waals surface area contributed by atoms with E-state index in [-0.39, 0.29) is 0 Å². The summed E-state index contributed by atoms with van der Waals surface area (Å²) >= 11 is 0. The maximum absolute atomic E-state index is 3.82. The summed E-state index contributed by atoms with van der Waals surface area (Å²) in [4.78, 5) is 6.69. The van der Waals surface area contributed by atoms with Crippen molar-refractivity contribution in [1.29, 1.82) is 0 Å². The summed E-state index contributed by atoms with van der Waals surface area (Å²) in [6, 6.07) is 23.1. The molecule has 4 aromatic rings. The van der Waals surface area contributed by atoms with Crippen molar-refractivity contribution in [3.05, 3.63) is 107 Å². The van der Waals surface area contributed by atoms with E-state index < -0.39 is 0 Å². The van der Waals surface area contributed by atoms with Gasteiger partial charge >= 0.3 is 0 Å². The molecule has 2 fully saturated rings. The summed E-state index contributed by atoms with van der Waals surface area (Å²) < 4.78 is 0. The quantitative estimate of drug-likeness (QED) is 0.0863. The average molecular weight is 592 g/mol. The first kappa shape index (κ1) is 30.9. The first-order chi connectivity index (χ1) is 21.8. The highest BCUT2D eigenvalue weighted by atomic mass is 14.9. The highest BCUT2D eigenvalue weighted by Crippen LogP contribution is 2.28. The fraction of sp³-hybridized carbons (Fsp3) is 0.487. The fourth-order valence-electron chi connectivity index (χ4n) is 7.40. The van der Waals surface area contributed by atoms with Crippen molar-refractivity contribution in [3.8, 4) is 11.1 Å². The Morgan fingerprint density at radius 2 is 1.02 bits per heavy atom. The van der Waals surface area contributed by atoms with Gasteiger partial charge in [0, 0.05) is 50.0 Å². The summed E-state index contributed by atoms with van der Waals surface area (Å²) in [5, 5.41) is 11.3. The molecule has 0 atom stereocenters. The van der Waals surface area contributed by atoms with E-state index in [1.807, 2.05) is 12.4 Å². The Morgan fingerprint density at radius 3 is 1.57 bits per heavy atom. The lowest BCUT2D eigenvalue weighted by molar-refractivity contribution is 0.489. The predicted molar refractivity (Wildman–Crippen MR) is 183 cm³/mol. The first-order valence-corrected chi connectivity index (χ1v) is 17.4. The minimum atomic E-state index is 0.847. The van der Waals surface area contributed by atoms with Gasteiger partial charge in [-0.1, -0.05) is 43.9 Å². The zero-order chi connectivity index (χ0) is 29.8. The molecule has 44 heavy (non-hydrogen) atoms. The third-order valence-electron chi connectivity index (χ3n) is 9.79. The van der Waals surface area contributed by atoms with Crippen molar-refractivity contribution in [1.82, 2.24) is 25.9 Å². The summed E-state index contributed by atoms with van der Waals surface area (Å²) in [5.41, 5.74) is 10.8. The van der Waals surface area contributed by atoms with Gasteiger partial charge in [-0.25, -0.2) is 0 Å². The van der Waals surface area contributed by atoms with Crippen LogP contribution in [0.15, 0.2) is 73.1 Å². The van der Waals surface area contributed by atoms with Crippen molar-refractivity contribution in [2.45, 2.75) is 96.8 Å². The molecule has 2 heterocycles. The SMILES string of the molecule is c1c[nH]c(CCCc2cc(CNCC3CCCC3)cc(-c3cc(CNCc4ccc[nH]4)cc(CNCC4CCCC4)c3)c2)c1. The van der Waals surface area contributed by atoms with Crippen molar-refractivity contribution in [2.24, 2.45) is 11.8 Å². The zero-order valence-electron chi connectivity index (χ0n) is 26.6. The second-order valence-corrected chi connectivity index (χ2v) is 13.5. The summed E-state index contributed by atoms with van der Waals surface area (Å²) in [7, 11) is 0. The van der Waals surface area contributed by atoms with Gasteiger partial charge in [0.1, 0.15) is 0 Å². The number of hydrogen-bond acceptors (Lipinski definition) is 3. The number of aryl methyl sites for hydroxylation is 2. The Bertz CT molecular complexity index is 1270. The van der Waals surface area contributed by atoms with Gasteiger partial charge in [-0.3, -0.25) is 0 Å². The lowest BCUT2D eigenvalue weighted by Gasteiger charge is -2.16. The highest BCUT2D eigenvalue weighted by Gasteiger charge is 2.16. The summed E-state index contributed by atoms with van der Waals surface area (Å²) in [6.07, 6.45) is 18.5. The van der Waals surface area contributed by atoms with Gasteiger partial charge in [0.2, 0.25) is 0 Å². The van der Waals surface area contributed by atoms with E-state index in [1.54, 1.807) is 0 Å². The monoisotopic (exact) mass is 591 g/mol. The van der Waals surface area contributed by atoms with Crippen LogP contribution < -0.4 is 16.0 Å². The third kappa shape index (κ3) is 9.44. The lowest BCUT2D eigenvalue weighted by atomic mass is 9.94. The first-order valence-electron chi connectivity index (χ1n) is 17.4. The Kier molecular flexibility index (Phi) is 11.4. The smallest absolute Gasteiger partial charge is 0.0360 e. The molecule has 0 unspecified atom stereocenters. The van der Waals surface area contributed by atoms with Crippen LogP contribution in [0.25, 0.3) is 11.1 Å². The molecule has 234 valence electrons. The molecule has 0 amide bonds.